The minimum absolute atomic E-state index is 0.105. The van der Waals surface area contributed by atoms with E-state index in [4.69, 9.17) is 16.3 Å². The third kappa shape index (κ3) is 5.24. The second-order valence-electron chi connectivity index (χ2n) is 8.76. The van der Waals surface area contributed by atoms with Gasteiger partial charge in [0.2, 0.25) is 11.3 Å². The Balaban J connectivity index is 1.55. The summed E-state index contributed by atoms with van der Waals surface area (Å²) in [5.74, 6) is 3.72. The molecule has 0 saturated carbocycles. The molecule has 5 N–H and O–H groups in total. The van der Waals surface area contributed by atoms with Crippen LogP contribution in [0.4, 0.5) is 0 Å². The highest BCUT2D eigenvalue weighted by atomic mass is 35.5. The Kier molecular flexibility index (Phi) is 7.64. The fraction of sp³-hybridized carbons (Fsp3) is 0.296. The summed E-state index contributed by atoms with van der Waals surface area (Å²) >= 11 is 6.39. The number of ether oxygens (including phenoxy) is 1. The van der Waals surface area contributed by atoms with Crippen LogP contribution in [0.5, 0.6) is 0 Å². The van der Waals surface area contributed by atoms with Gasteiger partial charge < -0.3 is 34.8 Å². The van der Waals surface area contributed by atoms with E-state index < -0.39 is 36.8 Å². The van der Waals surface area contributed by atoms with Crippen molar-refractivity contribution < 1.29 is 30.3 Å². The number of hydrogen-bond acceptors (Lipinski definition) is 7. The zero-order valence-electron chi connectivity index (χ0n) is 19.4. The number of rotatable bonds is 4. The van der Waals surface area contributed by atoms with Crippen LogP contribution in [-0.4, -0.2) is 61.1 Å². The summed E-state index contributed by atoms with van der Waals surface area (Å²) in [7, 11) is 1.67. The van der Waals surface area contributed by atoms with E-state index in [0.29, 0.717) is 17.0 Å². The standard InChI is InChI=1S/C27H26ClNO7/c1-29-14-18(8-11-23(29)31)7-4-16-2-5-17(6-3-16)12-19-13-20(9-10-21(19)28)27(35)26(34)25(33)24(32)22(15-30)36-27/h2-3,5-6,8-11,13-14,22,24-26,30,32-35H,12,15H2,1H3/t22-,24-,25+,26-,27-/m1/s1. The molecular weight excluding hydrogens is 486 g/mol. The van der Waals surface area contributed by atoms with Gasteiger partial charge in [0.05, 0.1) is 6.61 Å². The van der Waals surface area contributed by atoms with Crippen LogP contribution in [0.25, 0.3) is 0 Å². The van der Waals surface area contributed by atoms with Gasteiger partial charge in [-0.25, -0.2) is 0 Å². The quantitative estimate of drug-likeness (QED) is 0.325. The molecule has 36 heavy (non-hydrogen) atoms. The molecule has 1 aliphatic rings. The molecule has 188 valence electrons. The highest BCUT2D eigenvalue weighted by molar-refractivity contribution is 6.31. The number of benzene rings is 2. The molecule has 2 heterocycles. The zero-order chi connectivity index (χ0) is 26.0. The minimum atomic E-state index is -2.36. The number of pyridine rings is 1. The van der Waals surface area contributed by atoms with Gasteiger partial charge in [-0.3, -0.25) is 4.79 Å². The van der Waals surface area contributed by atoms with E-state index in [2.05, 4.69) is 11.8 Å². The van der Waals surface area contributed by atoms with Gasteiger partial charge in [-0.1, -0.05) is 41.6 Å². The van der Waals surface area contributed by atoms with Gasteiger partial charge in [0.25, 0.3) is 0 Å². The van der Waals surface area contributed by atoms with E-state index in [1.165, 1.54) is 16.7 Å². The molecule has 1 saturated heterocycles. The summed E-state index contributed by atoms with van der Waals surface area (Å²) in [6, 6.07) is 15.2. The summed E-state index contributed by atoms with van der Waals surface area (Å²) in [5, 5.41) is 51.5. The van der Waals surface area contributed by atoms with E-state index in [-0.39, 0.29) is 11.1 Å². The van der Waals surface area contributed by atoms with E-state index >= 15 is 0 Å². The maximum atomic E-state index is 11.5. The van der Waals surface area contributed by atoms with E-state index in [1.807, 2.05) is 24.3 Å². The monoisotopic (exact) mass is 511 g/mol. The molecule has 9 heteroatoms. The molecule has 8 nitrogen and oxygen atoms in total. The minimum Gasteiger partial charge on any atom is -0.394 e. The number of halogens is 1. The largest absolute Gasteiger partial charge is 0.394 e. The normalized spacial score (nSPS) is 25.8. The molecule has 5 atom stereocenters. The van der Waals surface area contributed by atoms with Crippen molar-refractivity contribution in [2.24, 2.45) is 7.05 Å². The Labute approximate surface area is 212 Å². The predicted molar refractivity (Wildman–Crippen MR) is 132 cm³/mol. The Morgan fingerprint density at radius 1 is 1.00 bits per heavy atom. The first kappa shape index (κ1) is 26.1. The lowest BCUT2D eigenvalue weighted by molar-refractivity contribution is -0.357. The lowest BCUT2D eigenvalue weighted by atomic mass is 9.87. The zero-order valence-corrected chi connectivity index (χ0v) is 20.1. The average molecular weight is 512 g/mol. The van der Waals surface area contributed by atoms with Crippen molar-refractivity contribution in [1.82, 2.24) is 4.57 Å². The second-order valence-corrected chi connectivity index (χ2v) is 9.17. The maximum Gasteiger partial charge on any atom is 0.250 e. The smallest absolute Gasteiger partial charge is 0.250 e. The summed E-state index contributed by atoms with van der Waals surface area (Å²) in [6.07, 6.45) is -4.37. The lowest BCUT2D eigenvalue weighted by Crippen LogP contribution is -2.63. The fourth-order valence-electron chi connectivity index (χ4n) is 4.06. The van der Waals surface area contributed by atoms with Gasteiger partial charge >= 0.3 is 0 Å². The molecule has 0 radical (unpaired) electrons. The van der Waals surface area contributed by atoms with Crippen LogP contribution < -0.4 is 5.56 Å². The van der Waals surface area contributed by atoms with Crippen molar-refractivity contribution in [2.75, 3.05) is 6.61 Å². The summed E-state index contributed by atoms with van der Waals surface area (Å²) in [5.41, 5.74) is 3.05. The SMILES string of the molecule is Cn1cc(C#Cc2ccc(Cc3cc([C@@]4(O)O[C@H](CO)[C@@H](O)[C@H](O)[C@H]4O)ccc3Cl)cc2)ccc1=O. The molecule has 0 spiro atoms. The van der Waals surface area contributed by atoms with Crippen molar-refractivity contribution in [3.63, 3.8) is 0 Å². The van der Waals surface area contributed by atoms with Crippen molar-refractivity contribution >= 4 is 11.6 Å². The molecule has 2 aromatic carbocycles. The first-order chi connectivity index (χ1) is 17.1. The highest BCUT2D eigenvalue weighted by Crippen LogP contribution is 2.37. The fourth-order valence-corrected chi connectivity index (χ4v) is 4.25. The maximum absolute atomic E-state index is 11.5. The molecule has 1 fully saturated rings. The number of aryl methyl sites for hydroxylation is 1. The third-order valence-corrected chi connectivity index (χ3v) is 6.58. The number of aliphatic hydroxyl groups excluding tert-OH is 4. The molecule has 0 aliphatic carbocycles. The molecule has 4 rings (SSSR count). The van der Waals surface area contributed by atoms with Crippen molar-refractivity contribution in [1.29, 1.82) is 0 Å². The third-order valence-electron chi connectivity index (χ3n) is 6.21. The Bertz CT molecular complexity index is 1360. The van der Waals surface area contributed by atoms with Crippen LogP contribution >= 0.6 is 11.6 Å². The van der Waals surface area contributed by atoms with Crippen LogP contribution in [0.1, 0.15) is 27.8 Å². The Morgan fingerprint density at radius 3 is 2.33 bits per heavy atom. The Morgan fingerprint density at radius 2 is 1.67 bits per heavy atom. The molecule has 1 aliphatic heterocycles. The van der Waals surface area contributed by atoms with Gasteiger partial charge in [-0.05, 0) is 47.9 Å². The summed E-state index contributed by atoms with van der Waals surface area (Å²) < 4.78 is 6.87. The lowest BCUT2D eigenvalue weighted by Gasteiger charge is -2.45. The van der Waals surface area contributed by atoms with Crippen molar-refractivity contribution in [2.45, 2.75) is 36.6 Å². The van der Waals surface area contributed by atoms with E-state index in [0.717, 1.165) is 16.7 Å². The first-order valence-corrected chi connectivity index (χ1v) is 11.6. The molecule has 0 unspecified atom stereocenters. The predicted octanol–water partition coefficient (Wildman–Crippen LogP) is 0.648. The van der Waals surface area contributed by atoms with Gasteiger partial charge in [-0.15, -0.1) is 0 Å². The van der Waals surface area contributed by atoms with Crippen LogP contribution in [0, 0.1) is 11.8 Å². The number of nitrogens with zero attached hydrogens (tertiary/aromatic N) is 1. The first-order valence-electron chi connectivity index (χ1n) is 11.2. The summed E-state index contributed by atoms with van der Waals surface area (Å²) in [4.78, 5) is 11.5. The van der Waals surface area contributed by atoms with Crippen LogP contribution in [0.15, 0.2) is 65.6 Å². The Hall–Kier alpha value is -3.00. The van der Waals surface area contributed by atoms with Crippen molar-refractivity contribution in [3.8, 4) is 11.8 Å². The van der Waals surface area contributed by atoms with Gasteiger partial charge in [0.15, 0.2) is 0 Å². The van der Waals surface area contributed by atoms with Crippen LogP contribution in [0.3, 0.4) is 0 Å². The summed E-state index contributed by atoms with van der Waals surface area (Å²) in [6.45, 7) is -0.661. The van der Waals surface area contributed by atoms with Crippen LogP contribution in [-0.2, 0) is 24.0 Å². The molecule has 1 aromatic heterocycles. The molecular formula is C27H26ClNO7. The topological polar surface area (TPSA) is 132 Å². The number of aromatic nitrogens is 1. The van der Waals surface area contributed by atoms with Gasteiger partial charge in [-0.2, -0.15) is 0 Å². The molecule has 0 bridgehead atoms. The molecule has 0 amide bonds. The number of aliphatic hydroxyl groups is 5. The second kappa shape index (κ2) is 10.5. The number of hydrogen-bond donors (Lipinski definition) is 5. The molecule has 3 aromatic rings. The van der Waals surface area contributed by atoms with E-state index in [9.17, 15) is 30.3 Å². The van der Waals surface area contributed by atoms with Gasteiger partial charge in [0, 0.05) is 41.0 Å². The van der Waals surface area contributed by atoms with Crippen LogP contribution in [0.2, 0.25) is 5.02 Å². The van der Waals surface area contributed by atoms with Crippen molar-refractivity contribution in [3.05, 3.63) is 104 Å². The van der Waals surface area contributed by atoms with Gasteiger partial charge in [0.1, 0.15) is 24.4 Å². The average Bonchev–Trinajstić information content (AvgIpc) is 2.87. The highest BCUT2D eigenvalue weighted by Gasteiger charge is 2.53. The van der Waals surface area contributed by atoms with E-state index in [1.54, 1.807) is 31.4 Å².